The average Bonchev–Trinajstić information content (AvgIpc) is 2.46. The van der Waals surface area contributed by atoms with Gasteiger partial charge in [0.1, 0.15) is 11.8 Å². The molecule has 2 N–H and O–H groups in total. The lowest BCUT2D eigenvalue weighted by atomic mass is 10.0. The number of rotatable bonds is 6. The molecule has 1 heterocycles. The first-order valence-corrected chi connectivity index (χ1v) is 8.03. The molecule has 1 aromatic rings. The van der Waals surface area contributed by atoms with Gasteiger partial charge in [0.15, 0.2) is 0 Å². The van der Waals surface area contributed by atoms with Crippen molar-refractivity contribution in [1.82, 2.24) is 10.2 Å². The van der Waals surface area contributed by atoms with E-state index in [4.69, 9.17) is 16.3 Å². The maximum absolute atomic E-state index is 11.7. The summed E-state index contributed by atoms with van der Waals surface area (Å²) in [4.78, 5) is 13.7. The number of hydrogen-bond donors (Lipinski definition) is 2. The van der Waals surface area contributed by atoms with Crippen LogP contribution in [0.15, 0.2) is 18.2 Å². The lowest BCUT2D eigenvalue weighted by Gasteiger charge is -2.36. The van der Waals surface area contributed by atoms with Crippen molar-refractivity contribution < 1.29 is 14.6 Å². The van der Waals surface area contributed by atoms with Gasteiger partial charge in [0, 0.05) is 25.7 Å². The summed E-state index contributed by atoms with van der Waals surface area (Å²) in [6.07, 6.45) is 0.897. The maximum atomic E-state index is 11.7. The second-order valence-electron chi connectivity index (χ2n) is 5.63. The predicted molar refractivity (Wildman–Crippen MR) is 86.7 cm³/mol. The molecule has 1 aliphatic heterocycles. The van der Waals surface area contributed by atoms with E-state index in [1.54, 1.807) is 18.2 Å². The number of nitrogens with one attached hydrogen (secondary N) is 1. The largest absolute Gasteiger partial charge is 0.492 e. The van der Waals surface area contributed by atoms with Gasteiger partial charge in [0.2, 0.25) is 0 Å². The standard InChI is InChI=1S/C16H23ClN2O3/c1-3-8-22-14-5-4-12(9-13(14)17)15(16(20)21)19-7-6-18-11(2)10-19/h4-5,9,11,15,18H,3,6-8,10H2,1-2H3,(H,20,21). The molecule has 1 saturated heterocycles. The molecule has 0 amide bonds. The number of carbonyl (C=O) groups is 1. The zero-order chi connectivity index (χ0) is 16.1. The van der Waals surface area contributed by atoms with Gasteiger partial charge >= 0.3 is 5.97 Å². The van der Waals surface area contributed by atoms with Gasteiger partial charge in [-0.2, -0.15) is 0 Å². The number of carboxylic acids is 1. The van der Waals surface area contributed by atoms with Crippen molar-refractivity contribution in [3.63, 3.8) is 0 Å². The minimum atomic E-state index is -0.854. The quantitative estimate of drug-likeness (QED) is 0.841. The van der Waals surface area contributed by atoms with Gasteiger partial charge in [-0.1, -0.05) is 24.6 Å². The maximum Gasteiger partial charge on any atom is 0.325 e. The zero-order valence-corrected chi connectivity index (χ0v) is 13.8. The Balaban J connectivity index is 2.21. The molecular formula is C16H23ClN2O3. The molecule has 2 unspecified atom stereocenters. The molecule has 0 radical (unpaired) electrons. The first-order chi connectivity index (χ1) is 10.5. The van der Waals surface area contributed by atoms with Gasteiger partial charge in [0.05, 0.1) is 11.6 Å². The number of nitrogens with zero attached hydrogens (tertiary/aromatic N) is 1. The Hall–Kier alpha value is -1.30. The number of piperazine rings is 1. The highest BCUT2D eigenvalue weighted by molar-refractivity contribution is 6.32. The minimum Gasteiger partial charge on any atom is -0.492 e. The summed E-state index contributed by atoms with van der Waals surface area (Å²) in [6, 6.07) is 4.86. The minimum absolute atomic E-state index is 0.276. The second-order valence-corrected chi connectivity index (χ2v) is 6.04. The molecular weight excluding hydrogens is 304 g/mol. The van der Waals surface area contributed by atoms with Crippen LogP contribution in [0, 0.1) is 0 Å². The Kier molecular flexibility index (Phi) is 6.06. The van der Waals surface area contributed by atoms with E-state index in [9.17, 15) is 9.90 Å². The van der Waals surface area contributed by atoms with Gasteiger partial charge < -0.3 is 15.2 Å². The van der Waals surface area contributed by atoms with Crippen molar-refractivity contribution in [2.45, 2.75) is 32.4 Å². The highest BCUT2D eigenvalue weighted by atomic mass is 35.5. The topological polar surface area (TPSA) is 61.8 Å². The molecule has 2 rings (SSSR count). The van der Waals surface area contributed by atoms with Crippen molar-refractivity contribution in [2.24, 2.45) is 0 Å². The molecule has 0 bridgehead atoms. The van der Waals surface area contributed by atoms with Crippen LogP contribution in [0.1, 0.15) is 31.9 Å². The summed E-state index contributed by atoms with van der Waals surface area (Å²) in [6.45, 7) is 6.86. The lowest BCUT2D eigenvalue weighted by Crippen LogP contribution is -2.51. The fraction of sp³-hybridized carbons (Fsp3) is 0.562. The fourth-order valence-electron chi connectivity index (χ4n) is 2.72. The second kappa shape index (κ2) is 7.81. The lowest BCUT2D eigenvalue weighted by molar-refractivity contribution is -0.144. The summed E-state index contributed by atoms with van der Waals surface area (Å²) in [5, 5.41) is 13.4. The van der Waals surface area contributed by atoms with E-state index in [1.165, 1.54) is 0 Å². The molecule has 1 aliphatic rings. The zero-order valence-electron chi connectivity index (χ0n) is 13.0. The molecule has 1 aromatic carbocycles. The molecule has 0 spiro atoms. The number of ether oxygens (including phenoxy) is 1. The van der Waals surface area contributed by atoms with Crippen molar-refractivity contribution in [3.8, 4) is 5.75 Å². The molecule has 5 nitrogen and oxygen atoms in total. The van der Waals surface area contributed by atoms with Gasteiger partial charge in [-0.15, -0.1) is 0 Å². The van der Waals surface area contributed by atoms with Crippen molar-refractivity contribution in [3.05, 3.63) is 28.8 Å². The van der Waals surface area contributed by atoms with Crippen LogP contribution in [0.2, 0.25) is 5.02 Å². The van der Waals surface area contributed by atoms with Crippen molar-refractivity contribution in [2.75, 3.05) is 26.2 Å². The Morgan fingerprint density at radius 1 is 1.59 bits per heavy atom. The highest BCUT2D eigenvalue weighted by Crippen LogP contribution is 2.31. The number of aliphatic carboxylic acids is 1. The van der Waals surface area contributed by atoms with Crippen LogP contribution >= 0.6 is 11.6 Å². The summed E-state index contributed by atoms with van der Waals surface area (Å²) in [5.74, 6) is -0.252. The van der Waals surface area contributed by atoms with E-state index in [-0.39, 0.29) is 6.04 Å². The van der Waals surface area contributed by atoms with Gasteiger partial charge in [-0.3, -0.25) is 9.69 Å². The molecule has 122 valence electrons. The number of hydrogen-bond acceptors (Lipinski definition) is 4. The monoisotopic (exact) mass is 326 g/mol. The van der Waals surface area contributed by atoms with Crippen LogP contribution in [0.25, 0.3) is 0 Å². The Morgan fingerprint density at radius 2 is 2.36 bits per heavy atom. The van der Waals surface area contributed by atoms with Crippen LogP contribution in [0.3, 0.4) is 0 Å². The van der Waals surface area contributed by atoms with Crippen LogP contribution < -0.4 is 10.1 Å². The van der Waals surface area contributed by atoms with Gasteiger partial charge in [-0.25, -0.2) is 0 Å². The Morgan fingerprint density at radius 3 is 2.95 bits per heavy atom. The van der Waals surface area contributed by atoms with E-state index in [1.807, 2.05) is 11.8 Å². The van der Waals surface area contributed by atoms with Crippen molar-refractivity contribution >= 4 is 17.6 Å². The number of halogens is 1. The van der Waals surface area contributed by atoms with E-state index >= 15 is 0 Å². The van der Waals surface area contributed by atoms with Crippen LogP contribution in [0.4, 0.5) is 0 Å². The van der Waals surface area contributed by atoms with Crippen molar-refractivity contribution in [1.29, 1.82) is 0 Å². The van der Waals surface area contributed by atoms with Gasteiger partial charge in [0.25, 0.3) is 0 Å². The van der Waals surface area contributed by atoms with E-state index in [0.717, 1.165) is 13.0 Å². The van der Waals surface area contributed by atoms with E-state index < -0.39 is 12.0 Å². The van der Waals surface area contributed by atoms with E-state index in [0.29, 0.717) is 36.0 Å². The molecule has 22 heavy (non-hydrogen) atoms. The third kappa shape index (κ3) is 4.12. The van der Waals surface area contributed by atoms with Crippen LogP contribution in [0.5, 0.6) is 5.75 Å². The SMILES string of the molecule is CCCOc1ccc(C(C(=O)O)N2CCNC(C)C2)cc1Cl. The summed E-state index contributed by atoms with van der Waals surface area (Å²) >= 11 is 6.23. The normalized spacial score (nSPS) is 20.6. The van der Waals surface area contributed by atoms with Crippen LogP contribution in [-0.4, -0.2) is 48.3 Å². The first kappa shape index (κ1) is 17.1. The first-order valence-electron chi connectivity index (χ1n) is 7.65. The molecule has 0 saturated carbocycles. The highest BCUT2D eigenvalue weighted by Gasteiger charge is 2.30. The third-order valence-corrected chi connectivity index (χ3v) is 4.03. The predicted octanol–water partition coefficient (Wildman–Crippen LogP) is 2.55. The summed E-state index contributed by atoms with van der Waals surface area (Å²) < 4.78 is 5.54. The van der Waals surface area contributed by atoms with Crippen LogP contribution in [-0.2, 0) is 4.79 Å². The fourth-order valence-corrected chi connectivity index (χ4v) is 2.97. The summed E-state index contributed by atoms with van der Waals surface area (Å²) in [5.41, 5.74) is 0.690. The molecule has 0 aliphatic carbocycles. The van der Waals surface area contributed by atoms with Gasteiger partial charge in [-0.05, 0) is 31.0 Å². The summed E-state index contributed by atoms with van der Waals surface area (Å²) in [7, 11) is 0. The molecule has 0 aromatic heterocycles. The Bertz CT molecular complexity index is 524. The molecule has 6 heteroatoms. The molecule has 1 fully saturated rings. The Labute approximate surface area is 136 Å². The smallest absolute Gasteiger partial charge is 0.325 e. The van der Waals surface area contributed by atoms with E-state index in [2.05, 4.69) is 12.2 Å². The third-order valence-electron chi connectivity index (χ3n) is 3.73. The number of benzene rings is 1. The average molecular weight is 327 g/mol. The molecule has 2 atom stereocenters. The number of carboxylic acid groups (broad SMARTS) is 1.